The molecule has 16 heavy (non-hydrogen) atoms. The topological polar surface area (TPSA) is 74.6 Å². The Labute approximate surface area is 96.0 Å². The molecular weight excluding hydrogens is 208 g/mol. The molecule has 0 aliphatic carbocycles. The van der Waals surface area contributed by atoms with Gasteiger partial charge in [0.05, 0.1) is 11.1 Å². The van der Waals surface area contributed by atoms with Gasteiger partial charge in [-0.2, -0.15) is 0 Å². The highest BCUT2D eigenvalue weighted by atomic mass is 16.4. The maximum Gasteiger partial charge on any atom is 0.332 e. The van der Waals surface area contributed by atoms with Gasteiger partial charge in [-0.1, -0.05) is 27.7 Å². The van der Waals surface area contributed by atoms with Crippen LogP contribution in [0.1, 0.15) is 40.5 Å². The van der Waals surface area contributed by atoms with Gasteiger partial charge in [0, 0.05) is 0 Å². The first-order valence-corrected chi connectivity index (χ1v) is 5.57. The van der Waals surface area contributed by atoms with Gasteiger partial charge in [-0.3, -0.25) is 0 Å². The van der Waals surface area contributed by atoms with Crippen molar-refractivity contribution >= 4 is 11.9 Å². The highest BCUT2D eigenvalue weighted by Crippen LogP contribution is 2.26. The summed E-state index contributed by atoms with van der Waals surface area (Å²) < 4.78 is 0. The van der Waals surface area contributed by atoms with Crippen LogP contribution in [0.5, 0.6) is 0 Å². The molecule has 0 saturated heterocycles. The fourth-order valence-electron chi connectivity index (χ4n) is 1.59. The first-order valence-electron chi connectivity index (χ1n) is 5.57. The molecule has 0 aliphatic rings. The zero-order chi connectivity index (χ0) is 12.9. The summed E-state index contributed by atoms with van der Waals surface area (Å²) in [6.45, 7) is 7.19. The largest absolute Gasteiger partial charge is 0.478 e. The standard InChI is InChI=1S/C12H20O4/c1-5-7(3)9(11(13)14)10(12(15)16)8(4)6-2/h7-8H,5-6H2,1-4H3,(H,13,14)(H,15,16)/b10-9+. The van der Waals surface area contributed by atoms with E-state index in [0.29, 0.717) is 12.8 Å². The number of carboxylic acid groups (broad SMARTS) is 2. The third kappa shape index (κ3) is 3.36. The normalized spacial score (nSPS) is 16.2. The van der Waals surface area contributed by atoms with E-state index in [9.17, 15) is 9.59 Å². The second-order valence-electron chi connectivity index (χ2n) is 4.06. The minimum absolute atomic E-state index is 0.0457. The van der Waals surface area contributed by atoms with Gasteiger partial charge in [0.2, 0.25) is 0 Å². The Morgan fingerprint density at radius 2 is 1.12 bits per heavy atom. The third-order valence-corrected chi connectivity index (χ3v) is 2.96. The molecule has 0 bridgehead atoms. The van der Waals surface area contributed by atoms with Crippen LogP contribution in [0.25, 0.3) is 0 Å². The molecule has 2 atom stereocenters. The van der Waals surface area contributed by atoms with Gasteiger partial charge in [-0.25, -0.2) is 9.59 Å². The molecular formula is C12H20O4. The van der Waals surface area contributed by atoms with Gasteiger partial charge in [0.25, 0.3) is 0 Å². The van der Waals surface area contributed by atoms with Crippen LogP contribution in [0.4, 0.5) is 0 Å². The molecule has 0 aromatic heterocycles. The van der Waals surface area contributed by atoms with E-state index in [0.717, 1.165) is 0 Å². The summed E-state index contributed by atoms with van der Waals surface area (Å²) in [5, 5.41) is 18.2. The van der Waals surface area contributed by atoms with Crippen molar-refractivity contribution in [3.8, 4) is 0 Å². The Bertz CT molecular complexity index is 274. The van der Waals surface area contributed by atoms with Crippen molar-refractivity contribution in [2.75, 3.05) is 0 Å². The number of hydrogen-bond acceptors (Lipinski definition) is 2. The molecule has 0 radical (unpaired) electrons. The van der Waals surface area contributed by atoms with Crippen LogP contribution in [0.15, 0.2) is 11.1 Å². The van der Waals surface area contributed by atoms with Crippen LogP contribution in [-0.2, 0) is 9.59 Å². The lowest BCUT2D eigenvalue weighted by molar-refractivity contribution is -0.136. The fraction of sp³-hybridized carbons (Fsp3) is 0.667. The average Bonchev–Trinajstić information content (AvgIpc) is 2.22. The predicted molar refractivity (Wildman–Crippen MR) is 61.2 cm³/mol. The van der Waals surface area contributed by atoms with Crippen LogP contribution < -0.4 is 0 Å². The van der Waals surface area contributed by atoms with E-state index < -0.39 is 11.9 Å². The molecule has 2 unspecified atom stereocenters. The Balaban J connectivity index is 5.63. The minimum Gasteiger partial charge on any atom is -0.478 e. The lowest BCUT2D eigenvalue weighted by atomic mass is 9.86. The van der Waals surface area contributed by atoms with Crippen molar-refractivity contribution in [3.05, 3.63) is 11.1 Å². The van der Waals surface area contributed by atoms with E-state index >= 15 is 0 Å². The van der Waals surface area contributed by atoms with Gasteiger partial charge < -0.3 is 10.2 Å². The summed E-state index contributed by atoms with van der Waals surface area (Å²) in [6, 6.07) is 0. The van der Waals surface area contributed by atoms with Crippen LogP contribution in [-0.4, -0.2) is 22.2 Å². The molecule has 0 fully saturated rings. The molecule has 0 saturated carbocycles. The van der Waals surface area contributed by atoms with E-state index in [2.05, 4.69) is 0 Å². The first kappa shape index (κ1) is 14.7. The Kier molecular flexibility index (Phi) is 5.78. The lowest BCUT2D eigenvalue weighted by Gasteiger charge is -2.18. The highest BCUT2D eigenvalue weighted by molar-refractivity contribution is 5.99. The van der Waals surface area contributed by atoms with Gasteiger partial charge in [0.15, 0.2) is 0 Å². The molecule has 92 valence electrons. The molecule has 0 aromatic carbocycles. The fourth-order valence-corrected chi connectivity index (χ4v) is 1.59. The zero-order valence-corrected chi connectivity index (χ0v) is 10.3. The highest BCUT2D eigenvalue weighted by Gasteiger charge is 2.27. The Morgan fingerprint density at radius 3 is 1.25 bits per heavy atom. The second kappa shape index (κ2) is 6.30. The molecule has 0 spiro atoms. The summed E-state index contributed by atoms with van der Waals surface area (Å²) in [6.07, 6.45) is 1.24. The summed E-state index contributed by atoms with van der Waals surface area (Å²) in [5.41, 5.74) is 0.0914. The SMILES string of the molecule is CCC(C)/C(C(=O)O)=C(\C(=O)O)C(C)CC. The summed E-state index contributed by atoms with van der Waals surface area (Å²) in [7, 11) is 0. The monoisotopic (exact) mass is 228 g/mol. The molecule has 2 N–H and O–H groups in total. The van der Waals surface area contributed by atoms with E-state index in [1.165, 1.54) is 0 Å². The van der Waals surface area contributed by atoms with Crippen LogP contribution in [0.3, 0.4) is 0 Å². The van der Waals surface area contributed by atoms with Crippen molar-refractivity contribution in [1.82, 2.24) is 0 Å². The maximum atomic E-state index is 11.1. The molecule has 0 rings (SSSR count). The maximum absolute atomic E-state index is 11.1. The molecule has 0 aliphatic heterocycles. The molecule has 0 heterocycles. The number of aliphatic carboxylic acids is 2. The molecule has 0 aromatic rings. The van der Waals surface area contributed by atoms with Gasteiger partial charge >= 0.3 is 11.9 Å². The number of rotatable bonds is 6. The van der Waals surface area contributed by atoms with Crippen LogP contribution in [0.2, 0.25) is 0 Å². The van der Waals surface area contributed by atoms with Gasteiger partial charge in [0.1, 0.15) is 0 Å². The van der Waals surface area contributed by atoms with E-state index in [-0.39, 0.29) is 23.0 Å². The van der Waals surface area contributed by atoms with Gasteiger partial charge in [-0.05, 0) is 24.7 Å². The summed E-state index contributed by atoms with van der Waals surface area (Å²) in [5.74, 6) is -2.71. The van der Waals surface area contributed by atoms with Crippen LogP contribution >= 0.6 is 0 Å². The number of carbonyl (C=O) groups is 2. The molecule has 4 heteroatoms. The smallest absolute Gasteiger partial charge is 0.332 e. The van der Waals surface area contributed by atoms with Crippen molar-refractivity contribution in [1.29, 1.82) is 0 Å². The number of carboxylic acids is 2. The van der Waals surface area contributed by atoms with E-state index in [1.807, 2.05) is 13.8 Å². The summed E-state index contributed by atoms with van der Waals surface area (Å²) >= 11 is 0. The zero-order valence-electron chi connectivity index (χ0n) is 10.3. The summed E-state index contributed by atoms with van der Waals surface area (Å²) in [4.78, 5) is 22.3. The molecule has 0 amide bonds. The average molecular weight is 228 g/mol. The third-order valence-electron chi connectivity index (χ3n) is 2.96. The van der Waals surface area contributed by atoms with Crippen LogP contribution in [0, 0.1) is 11.8 Å². The van der Waals surface area contributed by atoms with Gasteiger partial charge in [-0.15, -0.1) is 0 Å². The van der Waals surface area contributed by atoms with Crippen molar-refractivity contribution < 1.29 is 19.8 Å². The predicted octanol–water partition coefficient (Wildman–Crippen LogP) is 2.54. The van der Waals surface area contributed by atoms with E-state index in [1.54, 1.807) is 13.8 Å². The van der Waals surface area contributed by atoms with Crippen molar-refractivity contribution in [2.24, 2.45) is 11.8 Å². The van der Waals surface area contributed by atoms with Crippen molar-refractivity contribution in [3.63, 3.8) is 0 Å². The lowest BCUT2D eigenvalue weighted by Crippen LogP contribution is -2.20. The first-order chi connectivity index (χ1) is 7.36. The second-order valence-corrected chi connectivity index (χ2v) is 4.06. The Hall–Kier alpha value is -1.32. The molecule has 4 nitrogen and oxygen atoms in total. The van der Waals surface area contributed by atoms with Crippen molar-refractivity contribution in [2.45, 2.75) is 40.5 Å². The van der Waals surface area contributed by atoms with E-state index in [4.69, 9.17) is 10.2 Å². The number of hydrogen-bond donors (Lipinski definition) is 2. The Morgan fingerprint density at radius 1 is 0.875 bits per heavy atom. The minimum atomic E-state index is -1.12. The quantitative estimate of drug-likeness (QED) is 0.685.